The molecular weight excluding hydrogens is 593 g/mol. The maximum atomic E-state index is 15.3. The van der Waals surface area contributed by atoms with Crippen LogP contribution in [0.1, 0.15) is 58.4 Å². The van der Waals surface area contributed by atoms with Crippen molar-refractivity contribution in [2.45, 2.75) is 70.9 Å². The van der Waals surface area contributed by atoms with Gasteiger partial charge in [-0.05, 0) is 111 Å². The van der Waals surface area contributed by atoms with Gasteiger partial charge in [0.15, 0.2) is 0 Å². The number of fused-ring (bicyclic) bond motifs is 5. The molecule has 3 unspecified atom stereocenters. The molecule has 3 fully saturated rings. The number of aryl methyl sites for hydroxylation is 1. The van der Waals surface area contributed by atoms with Crippen LogP contribution in [0.2, 0.25) is 0 Å². The molecule has 0 radical (unpaired) electrons. The van der Waals surface area contributed by atoms with Crippen LogP contribution in [-0.4, -0.2) is 76.1 Å². The number of aliphatic hydroxyl groups is 1. The van der Waals surface area contributed by atoms with Gasteiger partial charge in [0.1, 0.15) is 24.0 Å². The molecule has 5 heterocycles. The summed E-state index contributed by atoms with van der Waals surface area (Å²) in [5, 5.41) is 25.2. The summed E-state index contributed by atoms with van der Waals surface area (Å²) in [5.41, 5.74) is 2.95. The summed E-state index contributed by atoms with van der Waals surface area (Å²) in [6.07, 6.45) is 8.30. The van der Waals surface area contributed by atoms with Crippen LogP contribution < -0.4 is 20.2 Å². The van der Waals surface area contributed by atoms with Crippen LogP contribution in [0.25, 0.3) is 38.9 Å². The third kappa shape index (κ3) is 5.05. The van der Waals surface area contributed by atoms with Crippen LogP contribution in [0.3, 0.4) is 0 Å². The van der Waals surface area contributed by atoms with Crippen molar-refractivity contribution < 1.29 is 19.3 Å². The smallest absolute Gasteiger partial charge is 0.319 e. The van der Waals surface area contributed by atoms with E-state index < -0.39 is 0 Å². The lowest BCUT2D eigenvalue weighted by Crippen LogP contribution is -2.43. The number of aromatic nitrogens is 2. The molecule has 8 rings (SSSR count). The van der Waals surface area contributed by atoms with Gasteiger partial charge in [-0.25, -0.2) is 4.39 Å². The van der Waals surface area contributed by atoms with Crippen LogP contribution in [0, 0.1) is 17.7 Å². The Hall–Kier alpha value is -3.82. The summed E-state index contributed by atoms with van der Waals surface area (Å²) >= 11 is 0. The summed E-state index contributed by atoms with van der Waals surface area (Å²) in [4.78, 5) is 20.3. The SMILES string of the molecule is CCc1c(F)ccc2cc(O)cc(-c3cc4nc(OCC56CCCN5CCC6)nc(N5CCC(CO)C5)c4c4c3=NC(C)C(C)C=4)c12. The number of phenols is 1. The Bertz CT molecular complexity index is 2010. The van der Waals surface area contributed by atoms with Gasteiger partial charge in [0, 0.05) is 36.4 Å². The Kier molecular flexibility index (Phi) is 7.60. The van der Waals surface area contributed by atoms with E-state index >= 15 is 4.39 Å². The molecule has 8 nitrogen and oxygen atoms in total. The Morgan fingerprint density at radius 1 is 1.02 bits per heavy atom. The third-order valence-corrected chi connectivity index (χ3v) is 11.4. The Morgan fingerprint density at radius 3 is 2.57 bits per heavy atom. The van der Waals surface area contributed by atoms with E-state index in [-0.39, 0.29) is 41.6 Å². The molecule has 3 atom stereocenters. The molecular formula is C38H44FN5O3. The summed E-state index contributed by atoms with van der Waals surface area (Å²) in [6, 6.07) is 9.08. The number of halogens is 1. The summed E-state index contributed by atoms with van der Waals surface area (Å²) in [7, 11) is 0. The van der Waals surface area contributed by atoms with E-state index in [4.69, 9.17) is 19.7 Å². The highest BCUT2D eigenvalue weighted by atomic mass is 19.1. The normalized spacial score (nSPS) is 23.6. The van der Waals surface area contributed by atoms with E-state index in [9.17, 15) is 10.2 Å². The first-order valence-corrected chi connectivity index (χ1v) is 17.4. The lowest BCUT2D eigenvalue weighted by molar-refractivity contribution is 0.108. The highest BCUT2D eigenvalue weighted by Crippen LogP contribution is 2.40. The van der Waals surface area contributed by atoms with Gasteiger partial charge in [0.05, 0.1) is 27.8 Å². The number of ether oxygens (including phenoxy) is 1. The molecule has 4 aromatic rings. The second-order valence-electron chi connectivity index (χ2n) is 14.3. The van der Waals surface area contributed by atoms with Crippen molar-refractivity contribution in [3.63, 3.8) is 0 Å². The molecule has 0 spiro atoms. The van der Waals surface area contributed by atoms with Gasteiger partial charge >= 0.3 is 6.01 Å². The minimum atomic E-state index is -0.257. The van der Waals surface area contributed by atoms with Gasteiger partial charge in [-0.3, -0.25) is 9.89 Å². The number of nitrogens with zero attached hydrogens (tertiary/aromatic N) is 5. The Labute approximate surface area is 274 Å². The molecule has 246 valence electrons. The molecule has 2 N–H and O–H groups in total. The van der Waals surface area contributed by atoms with E-state index in [1.54, 1.807) is 18.2 Å². The maximum absolute atomic E-state index is 15.3. The average Bonchev–Trinajstić information content (AvgIpc) is 3.80. The number of phenolic OH excluding ortho intramolecular Hbond substituents is 1. The highest BCUT2D eigenvalue weighted by Gasteiger charge is 2.45. The number of rotatable bonds is 7. The van der Waals surface area contributed by atoms with E-state index in [1.165, 1.54) is 18.9 Å². The van der Waals surface area contributed by atoms with Crippen molar-refractivity contribution in [3.05, 3.63) is 52.3 Å². The molecule has 0 aliphatic carbocycles. The van der Waals surface area contributed by atoms with Crippen LogP contribution in [0.4, 0.5) is 10.2 Å². The first kappa shape index (κ1) is 30.5. The van der Waals surface area contributed by atoms with Crippen LogP contribution in [-0.2, 0) is 6.42 Å². The summed E-state index contributed by atoms with van der Waals surface area (Å²) in [6.45, 7) is 10.7. The Morgan fingerprint density at radius 2 is 1.83 bits per heavy atom. The fourth-order valence-electron chi connectivity index (χ4n) is 8.69. The third-order valence-electron chi connectivity index (χ3n) is 11.4. The fraction of sp³-hybridized carbons (Fsp3) is 0.500. The van der Waals surface area contributed by atoms with Crippen molar-refractivity contribution in [3.8, 4) is 22.9 Å². The summed E-state index contributed by atoms with van der Waals surface area (Å²) in [5.74, 6) is 1.02. The lowest BCUT2D eigenvalue weighted by atomic mass is 9.89. The van der Waals surface area contributed by atoms with Crippen molar-refractivity contribution in [1.29, 1.82) is 0 Å². The maximum Gasteiger partial charge on any atom is 0.319 e. The van der Waals surface area contributed by atoms with Crippen LogP contribution in [0.5, 0.6) is 11.8 Å². The summed E-state index contributed by atoms with van der Waals surface area (Å²) < 4.78 is 21.9. The number of benzene rings is 3. The topological polar surface area (TPSA) is 94.3 Å². The van der Waals surface area contributed by atoms with Crippen molar-refractivity contribution >= 4 is 33.6 Å². The minimum absolute atomic E-state index is 0.0298. The molecule has 4 aliphatic rings. The molecule has 9 heteroatoms. The van der Waals surface area contributed by atoms with E-state index in [0.29, 0.717) is 31.1 Å². The molecule has 47 heavy (non-hydrogen) atoms. The molecule has 4 aliphatic heterocycles. The minimum Gasteiger partial charge on any atom is -0.508 e. The number of aliphatic hydroxyl groups excluding tert-OH is 1. The van der Waals surface area contributed by atoms with Crippen LogP contribution in [0.15, 0.2) is 35.3 Å². The lowest BCUT2D eigenvalue weighted by Gasteiger charge is -2.31. The zero-order valence-corrected chi connectivity index (χ0v) is 27.6. The number of hydrogen-bond donors (Lipinski definition) is 2. The van der Waals surface area contributed by atoms with Gasteiger partial charge in [-0.2, -0.15) is 9.97 Å². The standard InChI is InChI=1S/C38H44FN5O3/c1-4-27-31(39)8-7-25-16-26(46)17-28(33(25)27)29-18-32-34(30-15-22(2)23(3)40-35(29)30)36(43-14-9-24(19-43)20-45)42-37(41-32)47-21-38-10-5-12-44(38)13-6-11-38/h7-8,15-18,22-24,45-46H,4-6,9-14,19-21H2,1-3H3. The van der Waals surface area contributed by atoms with E-state index in [1.807, 2.05) is 13.0 Å². The van der Waals surface area contributed by atoms with Gasteiger partial charge in [0.25, 0.3) is 0 Å². The van der Waals surface area contributed by atoms with Crippen LogP contribution >= 0.6 is 0 Å². The highest BCUT2D eigenvalue weighted by molar-refractivity contribution is 6.03. The quantitative estimate of drug-likeness (QED) is 0.291. The molecule has 0 saturated carbocycles. The predicted octanol–water partition coefficient (Wildman–Crippen LogP) is 5.12. The van der Waals surface area contributed by atoms with Gasteiger partial charge < -0.3 is 19.8 Å². The predicted molar refractivity (Wildman–Crippen MR) is 183 cm³/mol. The molecule has 3 aromatic carbocycles. The molecule has 1 aromatic heterocycles. The monoisotopic (exact) mass is 637 g/mol. The number of hydrogen-bond acceptors (Lipinski definition) is 8. The molecule has 3 saturated heterocycles. The molecule has 0 bridgehead atoms. The number of aromatic hydroxyl groups is 1. The average molecular weight is 638 g/mol. The number of anilines is 1. The van der Waals surface area contributed by atoms with Gasteiger partial charge in [-0.15, -0.1) is 0 Å². The van der Waals surface area contributed by atoms with Gasteiger partial charge in [0.2, 0.25) is 0 Å². The van der Waals surface area contributed by atoms with Crippen molar-refractivity contribution in [1.82, 2.24) is 14.9 Å². The zero-order chi connectivity index (χ0) is 32.4. The second kappa shape index (κ2) is 11.7. The first-order chi connectivity index (χ1) is 22.8. The van der Waals surface area contributed by atoms with E-state index in [2.05, 4.69) is 29.7 Å². The first-order valence-electron chi connectivity index (χ1n) is 17.4. The zero-order valence-electron chi connectivity index (χ0n) is 27.6. The Balaban J connectivity index is 1.39. The van der Waals surface area contributed by atoms with Crippen molar-refractivity contribution in [2.75, 3.05) is 44.3 Å². The largest absolute Gasteiger partial charge is 0.508 e. The van der Waals surface area contributed by atoms with E-state index in [0.717, 1.165) is 88.1 Å². The fourth-order valence-corrected chi connectivity index (χ4v) is 8.69. The second-order valence-corrected chi connectivity index (χ2v) is 14.3. The van der Waals surface area contributed by atoms with Crippen molar-refractivity contribution in [2.24, 2.45) is 16.8 Å². The molecule has 0 amide bonds. The van der Waals surface area contributed by atoms with Gasteiger partial charge in [-0.1, -0.05) is 26.0 Å².